The van der Waals surface area contributed by atoms with Gasteiger partial charge in [-0.1, -0.05) is 11.6 Å². The monoisotopic (exact) mass is 545 g/mol. The zero-order valence-electron chi connectivity index (χ0n) is 20.5. The lowest BCUT2D eigenvalue weighted by Crippen LogP contribution is -2.53. The maximum atomic E-state index is 12.8. The highest BCUT2D eigenvalue weighted by atomic mass is 32.1. The zero-order valence-corrected chi connectivity index (χ0v) is 21.3. The first-order valence-electron chi connectivity index (χ1n) is 12.3. The maximum Gasteiger partial charge on any atom is 0.471 e. The van der Waals surface area contributed by atoms with Gasteiger partial charge < -0.3 is 15.1 Å². The van der Waals surface area contributed by atoms with E-state index in [-0.39, 0.29) is 37.7 Å². The molecule has 8 nitrogen and oxygen atoms in total. The number of rotatable bonds is 4. The average Bonchev–Trinajstić information content (AvgIpc) is 3.41. The minimum atomic E-state index is -4.93. The van der Waals surface area contributed by atoms with Crippen molar-refractivity contribution in [3.8, 4) is 0 Å². The van der Waals surface area contributed by atoms with E-state index in [2.05, 4.69) is 21.4 Å². The predicted molar refractivity (Wildman–Crippen MR) is 135 cm³/mol. The summed E-state index contributed by atoms with van der Waals surface area (Å²) < 4.78 is 38.4. The number of piperidine rings is 1. The minimum absolute atomic E-state index is 0.112. The number of nitrogens with zero attached hydrogens (tertiary/aromatic N) is 4. The van der Waals surface area contributed by atoms with Crippen LogP contribution < -0.4 is 5.32 Å². The highest BCUT2D eigenvalue weighted by Crippen LogP contribution is 2.41. The molecule has 5 heterocycles. The van der Waals surface area contributed by atoms with E-state index in [9.17, 15) is 27.6 Å². The second-order valence-corrected chi connectivity index (χ2v) is 10.8. The first kappa shape index (κ1) is 26.1. The third-order valence-corrected chi connectivity index (χ3v) is 8.16. The summed E-state index contributed by atoms with van der Waals surface area (Å²) in [6.07, 6.45) is 5.86. The van der Waals surface area contributed by atoms with Crippen LogP contribution in [0.2, 0.25) is 0 Å². The van der Waals surface area contributed by atoms with Crippen molar-refractivity contribution in [2.75, 3.05) is 31.5 Å². The van der Waals surface area contributed by atoms with Crippen LogP contribution in [-0.4, -0.2) is 69.8 Å². The van der Waals surface area contributed by atoms with E-state index in [4.69, 9.17) is 0 Å². The summed E-state index contributed by atoms with van der Waals surface area (Å²) in [5.74, 6) is -1.87. The van der Waals surface area contributed by atoms with Crippen molar-refractivity contribution in [1.29, 1.82) is 0 Å². The lowest BCUT2D eigenvalue weighted by Gasteiger charge is -2.43. The van der Waals surface area contributed by atoms with Gasteiger partial charge in [0.2, 0.25) is 11.8 Å². The van der Waals surface area contributed by atoms with Crippen LogP contribution in [0.4, 0.5) is 19.0 Å². The van der Waals surface area contributed by atoms with Crippen LogP contribution in [0.5, 0.6) is 0 Å². The van der Waals surface area contributed by atoms with Crippen LogP contribution in [0.15, 0.2) is 41.6 Å². The summed E-state index contributed by atoms with van der Waals surface area (Å²) >= 11 is 1.62. The molecule has 0 saturated carbocycles. The van der Waals surface area contributed by atoms with Gasteiger partial charge in [-0.15, -0.1) is 11.3 Å². The highest BCUT2D eigenvalue weighted by Gasteiger charge is 2.49. The molecule has 3 aliphatic heterocycles. The van der Waals surface area contributed by atoms with E-state index in [0.29, 0.717) is 30.9 Å². The molecule has 0 atom stereocenters. The van der Waals surface area contributed by atoms with Gasteiger partial charge in [-0.05, 0) is 49.0 Å². The number of alkyl halides is 3. The van der Waals surface area contributed by atoms with Gasteiger partial charge in [0.05, 0.1) is 10.4 Å². The molecule has 0 radical (unpaired) electrons. The number of carbonyl (C=O) groups excluding carboxylic acids is 3. The number of amides is 3. The highest BCUT2D eigenvalue weighted by molar-refractivity contribution is 7.09. The Morgan fingerprint density at radius 2 is 1.95 bits per heavy atom. The van der Waals surface area contributed by atoms with Gasteiger partial charge in [0.1, 0.15) is 5.82 Å². The lowest BCUT2D eigenvalue weighted by atomic mass is 9.71. The number of hydrogen-bond donors (Lipinski definition) is 1. The predicted octanol–water partition coefficient (Wildman–Crippen LogP) is 3.62. The molecule has 200 valence electrons. The van der Waals surface area contributed by atoms with Gasteiger partial charge in [0.25, 0.3) is 0 Å². The number of anilines is 1. The molecule has 1 fully saturated rings. The molecule has 2 aromatic heterocycles. The van der Waals surface area contributed by atoms with Crippen LogP contribution in [0.3, 0.4) is 0 Å². The number of likely N-dealkylation sites (tertiary alicyclic amines) is 1. The second kappa shape index (κ2) is 10.3. The van der Waals surface area contributed by atoms with E-state index < -0.39 is 17.5 Å². The third kappa shape index (κ3) is 5.50. The van der Waals surface area contributed by atoms with Crippen molar-refractivity contribution in [3.63, 3.8) is 0 Å². The van der Waals surface area contributed by atoms with Crippen molar-refractivity contribution < 1.29 is 27.6 Å². The molecule has 12 heteroatoms. The number of nitrogens with one attached hydrogen (secondary N) is 1. The Bertz CT molecular complexity index is 1300. The molecule has 38 heavy (non-hydrogen) atoms. The molecule has 1 saturated heterocycles. The summed E-state index contributed by atoms with van der Waals surface area (Å²) in [5, 5.41) is 5.79. The molecule has 0 unspecified atom stereocenters. The smallest absolute Gasteiger partial charge is 0.335 e. The standard InChI is InChI=1S/C26H26F3N5O3S/c27-26(28,29)24(37)34-10-5-25(6-11-34)15-19-13-18(16-31-22(19)32-23(25)36)1-2-21(35)33-8-3-17(4-9-33)14-20-30-7-12-38-20/h1-3,7,12-13,16H,4-6,8-11,14-15H2,(H,31,32,36)/b2-1+. The molecule has 5 rings (SSSR count). The summed E-state index contributed by atoms with van der Waals surface area (Å²) in [7, 11) is 0. The third-order valence-electron chi connectivity index (χ3n) is 7.38. The molecule has 1 spiro atoms. The first-order chi connectivity index (χ1) is 18.1. The SMILES string of the molecule is O=C(/C=C/c1cnc2c(c1)CC1(CCN(C(=O)C(F)(F)F)CC1)C(=O)N2)N1CC=C(Cc2nccs2)CC1. The lowest BCUT2D eigenvalue weighted by molar-refractivity contribution is -0.187. The van der Waals surface area contributed by atoms with E-state index >= 15 is 0 Å². The summed E-state index contributed by atoms with van der Waals surface area (Å²) in [4.78, 5) is 48.3. The molecule has 3 aliphatic rings. The summed E-state index contributed by atoms with van der Waals surface area (Å²) in [6.45, 7) is 0.886. The van der Waals surface area contributed by atoms with Crippen LogP contribution in [0.1, 0.15) is 35.4 Å². The summed E-state index contributed by atoms with van der Waals surface area (Å²) in [6, 6.07) is 1.84. The van der Waals surface area contributed by atoms with Crippen molar-refractivity contribution in [2.45, 2.75) is 38.3 Å². The molecule has 3 amide bonds. The fraction of sp³-hybridized carbons (Fsp3) is 0.423. The maximum absolute atomic E-state index is 12.8. The topological polar surface area (TPSA) is 95.5 Å². The molecule has 2 aromatic rings. The van der Waals surface area contributed by atoms with E-state index in [0.717, 1.165) is 28.3 Å². The van der Waals surface area contributed by atoms with Crippen molar-refractivity contribution in [1.82, 2.24) is 19.8 Å². The Kier molecular flexibility index (Phi) is 7.08. The average molecular weight is 546 g/mol. The van der Waals surface area contributed by atoms with E-state index in [1.165, 1.54) is 11.6 Å². The minimum Gasteiger partial charge on any atom is -0.335 e. The Labute approximate surface area is 221 Å². The zero-order chi connectivity index (χ0) is 26.9. The molecule has 0 aromatic carbocycles. The number of aromatic nitrogens is 2. The Morgan fingerprint density at radius 3 is 2.61 bits per heavy atom. The normalized spacial score (nSPS) is 19.3. The Hall–Kier alpha value is -3.54. The van der Waals surface area contributed by atoms with Crippen molar-refractivity contribution in [2.24, 2.45) is 5.41 Å². The number of hydrogen-bond acceptors (Lipinski definition) is 6. The fourth-order valence-corrected chi connectivity index (χ4v) is 5.82. The number of carbonyl (C=O) groups is 3. The van der Waals surface area contributed by atoms with Crippen LogP contribution >= 0.6 is 11.3 Å². The number of thiazole rings is 1. The molecular weight excluding hydrogens is 519 g/mol. The van der Waals surface area contributed by atoms with Crippen molar-refractivity contribution in [3.05, 3.63) is 57.7 Å². The number of fused-ring (bicyclic) bond motifs is 1. The van der Waals surface area contributed by atoms with Crippen LogP contribution in [0.25, 0.3) is 6.08 Å². The van der Waals surface area contributed by atoms with Crippen molar-refractivity contribution >= 4 is 41.0 Å². The molecule has 1 N–H and O–H groups in total. The largest absolute Gasteiger partial charge is 0.471 e. The van der Waals surface area contributed by atoms with Gasteiger partial charge in [-0.25, -0.2) is 9.97 Å². The van der Waals surface area contributed by atoms with Gasteiger partial charge in [-0.3, -0.25) is 14.4 Å². The quantitative estimate of drug-likeness (QED) is 0.468. The molecule has 0 bridgehead atoms. The van der Waals surface area contributed by atoms with Crippen LogP contribution in [-0.2, 0) is 27.2 Å². The molecular formula is C26H26F3N5O3S. The second-order valence-electron chi connectivity index (χ2n) is 9.81. The van der Waals surface area contributed by atoms with Gasteiger partial charge >= 0.3 is 12.1 Å². The fourth-order valence-electron chi connectivity index (χ4n) is 5.15. The van der Waals surface area contributed by atoms with Crippen LogP contribution in [0, 0.1) is 5.41 Å². The van der Waals surface area contributed by atoms with Gasteiger partial charge in [0.15, 0.2) is 0 Å². The van der Waals surface area contributed by atoms with Gasteiger partial charge in [-0.2, -0.15) is 13.2 Å². The van der Waals surface area contributed by atoms with Gasteiger partial charge in [0, 0.05) is 56.4 Å². The van der Waals surface area contributed by atoms with E-state index in [1.807, 2.05) is 11.4 Å². The number of pyridine rings is 1. The molecule has 0 aliphatic carbocycles. The number of halogens is 3. The Morgan fingerprint density at radius 1 is 1.16 bits per heavy atom. The first-order valence-corrected chi connectivity index (χ1v) is 13.2. The Balaban J connectivity index is 1.21. The van der Waals surface area contributed by atoms with E-state index in [1.54, 1.807) is 34.7 Å². The summed E-state index contributed by atoms with van der Waals surface area (Å²) in [5.41, 5.74) is 1.81.